The number of benzene rings is 4. The predicted octanol–water partition coefficient (Wildman–Crippen LogP) is 8.35. The molecule has 1 aliphatic rings. The molecule has 190 valence electrons. The lowest BCUT2D eigenvalue weighted by Gasteiger charge is -2.15. The van der Waals surface area contributed by atoms with E-state index < -0.39 is 0 Å². The van der Waals surface area contributed by atoms with Gasteiger partial charge in [-0.2, -0.15) is 0 Å². The molecule has 1 aliphatic heterocycles. The number of rotatable bonds is 8. The second-order valence-electron chi connectivity index (χ2n) is 8.68. The van der Waals surface area contributed by atoms with E-state index >= 15 is 0 Å². The smallest absolute Gasteiger partial charge is 0.267 e. The first-order valence-corrected chi connectivity index (χ1v) is 14.0. The molecule has 1 heterocycles. The summed E-state index contributed by atoms with van der Waals surface area (Å²) in [5.74, 6) is 0.663. The third-order valence-corrected chi connectivity index (χ3v) is 7.75. The molecular weight excluding hydrogens is 580 g/mol. The fourth-order valence-corrected chi connectivity index (χ4v) is 5.64. The van der Waals surface area contributed by atoms with Crippen molar-refractivity contribution in [2.45, 2.75) is 19.7 Å². The molecule has 0 atom stereocenters. The van der Waals surface area contributed by atoms with Gasteiger partial charge in [0.2, 0.25) is 0 Å². The summed E-state index contributed by atoms with van der Waals surface area (Å²) < 4.78 is 6.78. The van der Waals surface area contributed by atoms with Crippen LogP contribution in [-0.4, -0.2) is 16.0 Å². The van der Waals surface area contributed by atoms with Gasteiger partial charge in [0.25, 0.3) is 5.91 Å². The van der Waals surface area contributed by atoms with Crippen LogP contribution in [-0.2, 0) is 24.5 Å². The molecule has 4 aromatic carbocycles. The van der Waals surface area contributed by atoms with Gasteiger partial charge in [0.05, 0.1) is 22.5 Å². The monoisotopic (exact) mass is 602 g/mol. The van der Waals surface area contributed by atoms with E-state index in [1.54, 1.807) is 4.90 Å². The Morgan fingerprint density at radius 3 is 2.29 bits per heavy atom. The number of nitrogens with zero attached hydrogens (tertiary/aromatic N) is 2. The molecule has 1 amide bonds. The molecule has 5 rings (SSSR count). The predicted molar refractivity (Wildman–Crippen MR) is 160 cm³/mol. The highest BCUT2D eigenvalue weighted by atomic mass is 79.9. The summed E-state index contributed by atoms with van der Waals surface area (Å²) in [6.45, 7) is 1.39. The molecule has 0 aliphatic carbocycles. The Hall–Kier alpha value is -3.32. The maximum absolute atomic E-state index is 13.5. The van der Waals surface area contributed by atoms with E-state index in [0.29, 0.717) is 40.5 Å². The maximum Gasteiger partial charge on any atom is 0.267 e. The van der Waals surface area contributed by atoms with Crippen molar-refractivity contribution < 1.29 is 9.53 Å². The van der Waals surface area contributed by atoms with Gasteiger partial charge >= 0.3 is 0 Å². The van der Waals surface area contributed by atoms with Gasteiger partial charge in [0, 0.05) is 5.02 Å². The van der Waals surface area contributed by atoms with Gasteiger partial charge < -0.3 is 4.74 Å². The van der Waals surface area contributed by atoms with Crippen LogP contribution in [0.1, 0.15) is 22.3 Å². The summed E-state index contributed by atoms with van der Waals surface area (Å²) in [5, 5.41) is 1.38. The molecular formula is C31H24BrClN2O2S. The molecule has 0 spiro atoms. The lowest BCUT2D eigenvalue weighted by molar-refractivity contribution is -0.122. The molecule has 0 N–H and O–H groups in total. The molecule has 4 nitrogen and oxygen atoms in total. The zero-order chi connectivity index (χ0) is 26.3. The Bertz CT molecular complexity index is 1490. The molecule has 1 saturated heterocycles. The second kappa shape index (κ2) is 12.5. The summed E-state index contributed by atoms with van der Waals surface area (Å²) in [4.78, 5) is 20.7. The molecule has 1 fully saturated rings. The van der Waals surface area contributed by atoms with E-state index in [9.17, 15) is 4.79 Å². The Labute approximate surface area is 240 Å². The van der Waals surface area contributed by atoms with Crippen molar-refractivity contribution in [3.63, 3.8) is 0 Å². The zero-order valence-corrected chi connectivity index (χ0v) is 23.5. The number of halogens is 2. The molecule has 0 bridgehead atoms. The highest BCUT2D eigenvalue weighted by Gasteiger charge is 2.33. The number of carbonyl (C=O) groups excluding carboxylic acids is 1. The first kappa shape index (κ1) is 26.3. The van der Waals surface area contributed by atoms with Crippen LogP contribution in [0.15, 0.2) is 117 Å². The Morgan fingerprint density at radius 2 is 1.58 bits per heavy atom. The molecule has 7 heteroatoms. The number of hydrogen-bond acceptors (Lipinski definition) is 4. The summed E-state index contributed by atoms with van der Waals surface area (Å²) >= 11 is 11.1. The minimum Gasteiger partial charge on any atom is -0.488 e. The summed E-state index contributed by atoms with van der Waals surface area (Å²) in [5.41, 5.74) is 4.04. The lowest BCUT2D eigenvalue weighted by atomic mass is 10.2. The normalized spacial score (nSPS) is 15.4. The first-order valence-electron chi connectivity index (χ1n) is 12.1. The molecule has 4 aromatic rings. The number of amidine groups is 1. The van der Waals surface area contributed by atoms with E-state index in [4.69, 9.17) is 21.3 Å². The van der Waals surface area contributed by atoms with Crippen molar-refractivity contribution >= 4 is 56.4 Å². The quantitative estimate of drug-likeness (QED) is 0.190. The van der Waals surface area contributed by atoms with Crippen molar-refractivity contribution in [3.05, 3.63) is 140 Å². The number of thioether (sulfide) groups is 1. The number of carbonyl (C=O) groups is 1. The van der Waals surface area contributed by atoms with E-state index in [0.717, 1.165) is 26.7 Å². The minimum atomic E-state index is -0.0527. The Kier molecular flexibility index (Phi) is 8.64. The molecule has 0 unspecified atom stereocenters. The van der Waals surface area contributed by atoms with Gasteiger partial charge in [-0.15, -0.1) is 0 Å². The van der Waals surface area contributed by atoms with Crippen molar-refractivity contribution in [2.24, 2.45) is 4.99 Å². The van der Waals surface area contributed by atoms with Gasteiger partial charge in [-0.25, -0.2) is 0 Å². The average molecular weight is 604 g/mol. The van der Waals surface area contributed by atoms with Crippen molar-refractivity contribution in [2.75, 3.05) is 0 Å². The first-order chi connectivity index (χ1) is 18.5. The van der Waals surface area contributed by atoms with E-state index in [2.05, 4.69) is 15.9 Å². The van der Waals surface area contributed by atoms with Gasteiger partial charge in [0.15, 0.2) is 5.17 Å². The zero-order valence-electron chi connectivity index (χ0n) is 20.4. The van der Waals surface area contributed by atoms with E-state index in [1.807, 2.05) is 109 Å². The Balaban J connectivity index is 1.35. The van der Waals surface area contributed by atoms with Crippen LogP contribution >= 0.6 is 39.3 Å². The lowest BCUT2D eigenvalue weighted by Crippen LogP contribution is -2.28. The van der Waals surface area contributed by atoms with Gasteiger partial charge in [-0.05, 0) is 80.3 Å². The Morgan fingerprint density at radius 1 is 0.868 bits per heavy atom. The SMILES string of the molecule is O=C1/C(=C\c2ccc(OCc3cccc(Cl)c3)c(Br)c2)SC(=NCc2ccccc2)N1Cc1ccccc1. The van der Waals surface area contributed by atoms with Crippen LogP contribution in [0, 0.1) is 0 Å². The number of ether oxygens (including phenoxy) is 1. The molecule has 0 saturated carbocycles. The van der Waals surface area contributed by atoms with Crippen LogP contribution in [0.2, 0.25) is 5.02 Å². The third-order valence-electron chi connectivity index (χ3n) is 5.85. The number of hydrogen-bond donors (Lipinski definition) is 0. The van der Waals surface area contributed by atoms with Crippen molar-refractivity contribution in [1.82, 2.24) is 4.90 Å². The molecule has 0 aromatic heterocycles. The van der Waals surface area contributed by atoms with E-state index in [1.165, 1.54) is 11.8 Å². The number of amides is 1. The van der Waals surface area contributed by atoms with E-state index in [-0.39, 0.29) is 5.91 Å². The number of aliphatic imine (C=N–C) groups is 1. The summed E-state index contributed by atoms with van der Waals surface area (Å²) in [6.07, 6.45) is 1.90. The molecule has 38 heavy (non-hydrogen) atoms. The van der Waals surface area contributed by atoms with Gasteiger partial charge in [0.1, 0.15) is 12.4 Å². The topological polar surface area (TPSA) is 41.9 Å². The minimum absolute atomic E-state index is 0.0527. The van der Waals surface area contributed by atoms with Crippen molar-refractivity contribution in [3.8, 4) is 5.75 Å². The van der Waals surface area contributed by atoms with Crippen molar-refractivity contribution in [1.29, 1.82) is 0 Å². The highest BCUT2D eigenvalue weighted by Crippen LogP contribution is 2.35. The fraction of sp³-hybridized carbons (Fsp3) is 0.0968. The van der Waals surface area contributed by atoms with Gasteiger partial charge in [-0.3, -0.25) is 14.7 Å². The van der Waals surface area contributed by atoms with Crippen LogP contribution < -0.4 is 4.74 Å². The fourth-order valence-electron chi connectivity index (χ4n) is 3.94. The van der Waals surface area contributed by atoms with Crippen LogP contribution in [0.5, 0.6) is 5.75 Å². The third kappa shape index (κ3) is 6.76. The molecule has 0 radical (unpaired) electrons. The summed E-state index contributed by atoms with van der Waals surface area (Å²) in [6, 6.07) is 33.4. The van der Waals surface area contributed by atoms with Crippen LogP contribution in [0.25, 0.3) is 6.08 Å². The van der Waals surface area contributed by atoms with Crippen LogP contribution in [0.3, 0.4) is 0 Å². The highest BCUT2D eigenvalue weighted by molar-refractivity contribution is 9.10. The van der Waals surface area contributed by atoms with Gasteiger partial charge in [-0.1, -0.05) is 90.5 Å². The largest absolute Gasteiger partial charge is 0.488 e. The maximum atomic E-state index is 13.5. The summed E-state index contributed by atoms with van der Waals surface area (Å²) in [7, 11) is 0. The average Bonchev–Trinajstić information content (AvgIpc) is 3.22. The standard InChI is InChI=1S/C31H24BrClN2O2S/c32-27-17-24(14-15-28(27)37-21-25-12-7-13-26(33)16-25)18-29-30(36)35(20-23-10-5-2-6-11-23)31(38-29)34-19-22-8-3-1-4-9-22/h1-18H,19-21H2/b29-18+,34-31?. The van der Waals surface area contributed by atoms with Crippen LogP contribution in [0.4, 0.5) is 0 Å². The second-order valence-corrected chi connectivity index (χ2v) is 11.0.